The second kappa shape index (κ2) is 57.9. The molecule has 0 aromatic carbocycles. The molecule has 0 fully saturated rings. The summed E-state index contributed by atoms with van der Waals surface area (Å²) in [4.78, 5) is 23.4. The van der Waals surface area contributed by atoms with Gasteiger partial charge in [-0.05, 0) is 70.6 Å². The standard InChI is InChI=1S/C67H127N2O6P/c1-6-8-10-12-14-16-18-20-22-24-26-28-29-30-31-32-33-34-35-36-37-38-39-41-43-45-47-49-51-53-55-57-59-61-67(71)68-65(64-75-76(72,73)74-63-62-69(3,4)5)66(70)60-58-56-54-52-50-48-46-44-42-40-27-25-23-21-19-17-15-13-11-9-7-2/h18,20,24,26,29-30,50,52,58,60,65-66,70H,6-17,19,21-23,25,27-28,31-49,51,53-57,59,61-64H2,1-5H3,(H-,68,71,72,73)/p+1/b20-18-,26-24-,30-29-,52-50+,60-58+. The molecule has 1 amide bonds. The topological polar surface area (TPSA) is 105 Å². The van der Waals surface area contributed by atoms with Gasteiger partial charge in [0.25, 0.3) is 0 Å². The highest BCUT2D eigenvalue weighted by atomic mass is 31.2. The van der Waals surface area contributed by atoms with Crippen LogP contribution in [0.1, 0.15) is 309 Å². The van der Waals surface area contributed by atoms with E-state index in [1.54, 1.807) is 6.08 Å². The lowest BCUT2D eigenvalue weighted by molar-refractivity contribution is -0.870. The molecule has 0 spiro atoms. The average molecular weight is 1090 g/mol. The van der Waals surface area contributed by atoms with E-state index in [1.807, 2.05) is 27.2 Å². The van der Waals surface area contributed by atoms with Gasteiger partial charge in [0.1, 0.15) is 13.2 Å². The minimum absolute atomic E-state index is 0.0561. The van der Waals surface area contributed by atoms with E-state index in [9.17, 15) is 19.4 Å². The lowest BCUT2D eigenvalue weighted by Crippen LogP contribution is -2.45. The molecule has 0 saturated heterocycles. The van der Waals surface area contributed by atoms with Gasteiger partial charge < -0.3 is 19.8 Å². The maximum Gasteiger partial charge on any atom is 0.472 e. The molecule has 0 aliphatic rings. The molecule has 0 heterocycles. The molecular weight excluding hydrogens is 960 g/mol. The second-order valence-electron chi connectivity index (χ2n) is 23.5. The number of hydrogen-bond acceptors (Lipinski definition) is 5. The number of aliphatic hydroxyl groups excluding tert-OH is 1. The summed E-state index contributed by atoms with van der Waals surface area (Å²) in [6, 6.07) is -0.865. The molecule has 0 bridgehead atoms. The average Bonchev–Trinajstić information content (AvgIpc) is 3.38. The van der Waals surface area contributed by atoms with Crippen molar-refractivity contribution in [2.45, 2.75) is 321 Å². The number of nitrogens with zero attached hydrogens (tertiary/aromatic N) is 1. The van der Waals surface area contributed by atoms with Crippen molar-refractivity contribution in [3.05, 3.63) is 60.8 Å². The lowest BCUT2D eigenvalue weighted by Gasteiger charge is -2.25. The van der Waals surface area contributed by atoms with E-state index in [4.69, 9.17) is 9.05 Å². The Morgan fingerprint density at radius 2 is 0.763 bits per heavy atom. The zero-order chi connectivity index (χ0) is 55.6. The highest BCUT2D eigenvalue weighted by Gasteiger charge is 2.27. The third-order valence-electron chi connectivity index (χ3n) is 14.7. The van der Waals surface area contributed by atoms with Crippen molar-refractivity contribution >= 4 is 13.7 Å². The van der Waals surface area contributed by atoms with Crippen molar-refractivity contribution < 1.29 is 32.9 Å². The Morgan fingerprint density at radius 1 is 0.447 bits per heavy atom. The SMILES string of the molecule is CCCCCCC/C=C\C/C=C\C/C=C\CCCCCCCCCCCCCCCCCCCCC(=O)NC(COP(=O)(O)OCC[N+](C)(C)C)C(O)/C=C/CC/C=C/CCCCCCCCCCCCCCCCC. The number of phosphoric ester groups is 1. The number of phosphoric acid groups is 1. The first-order valence-electron chi connectivity index (χ1n) is 32.7. The van der Waals surface area contributed by atoms with E-state index < -0.39 is 20.0 Å². The smallest absolute Gasteiger partial charge is 0.387 e. The maximum atomic E-state index is 13.0. The van der Waals surface area contributed by atoms with E-state index in [1.165, 1.54) is 238 Å². The largest absolute Gasteiger partial charge is 0.472 e. The van der Waals surface area contributed by atoms with Crippen molar-refractivity contribution in [3.8, 4) is 0 Å². The van der Waals surface area contributed by atoms with Gasteiger partial charge in [-0.25, -0.2) is 4.57 Å². The quantitative estimate of drug-likeness (QED) is 0.0243. The zero-order valence-electron chi connectivity index (χ0n) is 51.0. The molecule has 3 N–H and O–H groups in total. The summed E-state index contributed by atoms with van der Waals surface area (Å²) in [5.41, 5.74) is 0. The number of rotatable bonds is 60. The van der Waals surface area contributed by atoms with Gasteiger partial charge in [-0.2, -0.15) is 0 Å². The number of quaternary nitrogens is 1. The molecule has 8 nitrogen and oxygen atoms in total. The van der Waals surface area contributed by atoms with Crippen molar-refractivity contribution in [2.75, 3.05) is 40.9 Å². The Labute approximate surface area is 472 Å². The van der Waals surface area contributed by atoms with Gasteiger partial charge in [-0.15, -0.1) is 0 Å². The lowest BCUT2D eigenvalue weighted by atomic mass is 10.0. The first kappa shape index (κ1) is 74.2. The first-order valence-corrected chi connectivity index (χ1v) is 34.2. The Bertz CT molecular complexity index is 1420. The molecule has 446 valence electrons. The number of hydrogen-bond donors (Lipinski definition) is 3. The fraction of sp³-hybridized carbons (Fsp3) is 0.836. The Hall–Kier alpha value is -1.80. The van der Waals surface area contributed by atoms with Crippen LogP contribution in [0.4, 0.5) is 0 Å². The predicted molar refractivity (Wildman–Crippen MR) is 332 cm³/mol. The summed E-state index contributed by atoms with van der Waals surface area (Å²) in [7, 11) is 1.56. The number of nitrogens with one attached hydrogen (secondary N) is 1. The van der Waals surface area contributed by atoms with Gasteiger partial charge >= 0.3 is 7.82 Å². The minimum Gasteiger partial charge on any atom is -0.387 e. The van der Waals surface area contributed by atoms with Crippen LogP contribution in [-0.4, -0.2) is 73.4 Å². The predicted octanol–water partition coefficient (Wildman–Crippen LogP) is 20.4. The molecule has 0 aromatic rings. The van der Waals surface area contributed by atoms with Crippen LogP contribution in [0.5, 0.6) is 0 Å². The first-order chi connectivity index (χ1) is 37.0. The van der Waals surface area contributed by atoms with Gasteiger partial charge in [-0.3, -0.25) is 13.8 Å². The highest BCUT2D eigenvalue weighted by Crippen LogP contribution is 2.43. The number of allylic oxidation sites excluding steroid dienone is 9. The second-order valence-corrected chi connectivity index (χ2v) is 24.9. The van der Waals surface area contributed by atoms with Crippen molar-refractivity contribution in [2.24, 2.45) is 0 Å². The van der Waals surface area contributed by atoms with Crippen LogP contribution < -0.4 is 5.32 Å². The van der Waals surface area contributed by atoms with E-state index in [-0.39, 0.29) is 19.1 Å². The van der Waals surface area contributed by atoms with Crippen molar-refractivity contribution in [1.29, 1.82) is 0 Å². The highest BCUT2D eigenvalue weighted by molar-refractivity contribution is 7.47. The normalized spacial score (nSPS) is 14.1. The fourth-order valence-electron chi connectivity index (χ4n) is 9.60. The number of unbranched alkanes of at least 4 members (excludes halogenated alkanes) is 39. The van der Waals surface area contributed by atoms with Gasteiger partial charge in [0.05, 0.1) is 39.9 Å². The number of carbonyl (C=O) groups is 1. The molecule has 3 atom stereocenters. The van der Waals surface area contributed by atoms with Crippen molar-refractivity contribution in [3.63, 3.8) is 0 Å². The molecule has 0 aliphatic carbocycles. The number of amides is 1. The van der Waals surface area contributed by atoms with E-state index in [0.29, 0.717) is 17.4 Å². The molecule has 0 aliphatic heterocycles. The molecule has 3 unspecified atom stereocenters. The summed E-state index contributed by atoms with van der Waals surface area (Å²) in [5.74, 6) is -0.183. The summed E-state index contributed by atoms with van der Waals surface area (Å²) in [5, 5.41) is 14.0. The third kappa shape index (κ3) is 59.9. The minimum atomic E-state index is -4.36. The third-order valence-corrected chi connectivity index (χ3v) is 15.7. The monoisotopic (exact) mass is 1090 g/mol. The van der Waals surface area contributed by atoms with Crippen LogP contribution in [0.3, 0.4) is 0 Å². The van der Waals surface area contributed by atoms with Gasteiger partial charge in [0.15, 0.2) is 0 Å². The Morgan fingerprint density at radius 3 is 1.14 bits per heavy atom. The van der Waals surface area contributed by atoms with Crippen LogP contribution in [-0.2, 0) is 18.4 Å². The molecule has 0 saturated carbocycles. The van der Waals surface area contributed by atoms with Crippen LogP contribution in [0.25, 0.3) is 0 Å². The van der Waals surface area contributed by atoms with E-state index in [0.717, 1.165) is 51.4 Å². The molecule has 76 heavy (non-hydrogen) atoms. The zero-order valence-corrected chi connectivity index (χ0v) is 51.9. The Balaban J connectivity index is 4.10. The summed E-state index contributed by atoms with van der Waals surface area (Å²) in [6.07, 6.45) is 79.2. The van der Waals surface area contributed by atoms with Crippen LogP contribution in [0.15, 0.2) is 60.8 Å². The summed E-state index contributed by atoms with van der Waals surface area (Å²) >= 11 is 0. The van der Waals surface area contributed by atoms with Gasteiger partial charge in [0, 0.05) is 6.42 Å². The summed E-state index contributed by atoms with van der Waals surface area (Å²) < 4.78 is 23.8. The maximum absolute atomic E-state index is 13.0. The van der Waals surface area contributed by atoms with Crippen LogP contribution in [0.2, 0.25) is 0 Å². The van der Waals surface area contributed by atoms with E-state index >= 15 is 0 Å². The number of likely N-dealkylation sites (N-methyl/N-ethyl adjacent to an activating group) is 1. The van der Waals surface area contributed by atoms with Gasteiger partial charge in [-0.1, -0.05) is 293 Å². The Kier molecular flexibility index (Phi) is 56.5. The van der Waals surface area contributed by atoms with Crippen LogP contribution in [0, 0.1) is 0 Å². The molecule has 0 radical (unpaired) electrons. The van der Waals surface area contributed by atoms with E-state index in [2.05, 4.69) is 67.8 Å². The number of carbonyl (C=O) groups excluding carboxylic acids is 1. The summed E-state index contributed by atoms with van der Waals surface area (Å²) in [6.45, 7) is 4.82. The number of aliphatic hydroxyl groups is 1. The van der Waals surface area contributed by atoms with Gasteiger partial charge in [0.2, 0.25) is 5.91 Å². The molecule has 0 rings (SSSR count). The van der Waals surface area contributed by atoms with Crippen molar-refractivity contribution in [1.82, 2.24) is 5.32 Å². The fourth-order valence-corrected chi connectivity index (χ4v) is 10.3. The van der Waals surface area contributed by atoms with Crippen LogP contribution >= 0.6 is 7.82 Å². The molecule has 9 heteroatoms. The molecular formula is C67H128N2O6P+. The molecule has 0 aromatic heterocycles.